The van der Waals surface area contributed by atoms with Gasteiger partial charge < -0.3 is 13.9 Å². The van der Waals surface area contributed by atoms with Gasteiger partial charge in [-0.3, -0.25) is 4.79 Å². The van der Waals surface area contributed by atoms with Gasteiger partial charge in [0.15, 0.2) is 0 Å². The number of nitrogens with zero attached hydrogens (tertiary/aromatic N) is 5. The first-order valence-corrected chi connectivity index (χ1v) is 25.3. The van der Waals surface area contributed by atoms with Crippen molar-refractivity contribution in [3.05, 3.63) is 48.0 Å². The molecule has 0 spiro atoms. The van der Waals surface area contributed by atoms with Crippen LogP contribution in [-0.2, 0) is 52.5 Å². The molecule has 1 aliphatic heterocycles. The first-order chi connectivity index (χ1) is 28.7. The van der Waals surface area contributed by atoms with Crippen LogP contribution in [0.2, 0.25) is 0 Å². The number of hydrogen-bond donors (Lipinski definition) is 0. The fourth-order valence-corrected chi connectivity index (χ4v) is 11.2. The molecular weight excluding hydrogens is 870 g/mol. The molecule has 62 heavy (non-hydrogen) atoms. The minimum atomic E-state index is -3.83. The number of carbonyl (C=O) groups excluding carboxylic acids is 1. The summed E-state index contributed by atoms with van der Waals surface area (Å²) in [5, 5.41) is 0. The molecule has 0 amide bonds. The minimum Gasteiger partial charge on any atom is -0.466 e. The number of piperidine rings is 1. The summed E-state index contributed by atoms with van der Waals surface area (Å²) in [7, 11) is -2.21. The highest BCUT2D eigenvalue weighted by atomic mass is 35.7. The Balaban J connectivity index is 0.000000218. The Morgan fingerprint density at radius 1 is 0.742 bits per heavy atom. The van der Waals surface area contributed by atoms with Crippen molar-refractivity contribution in [2.75, 3.05) is 19.7 Å². The fraction of sp³-hybridized carbons (Fsp3) is 0.659. The lowest BCUT2D eigenvalue weighted by atomic mass is 9.86. The summed E-state index contributed by atoms with van der Waals surface area (Å²) in [5.74, 6) is -4.05. The number of aromatic nitrogens is 4. The average molecular weight is 931 g/mol. The fourth-order valence-electron chi connectivity index (χ4n) is 8.89. The molecule has 0 unspecified atom stereocenters. The van der Waals surface area contributed by atoms with Gasteiger partial charge in [-0.25, -0.2) is 44.4 Å². The van der Waals surface area contributed by atoms with Gasteiger partial charge in [-0.1, -0.05) is 41.5 Å². The lowest BCUT2D eigenvalue weighted by molar-refractivity contribution is -0.149. The summed E-state index contributed by atoms with van der Waals surface area (Å²) in [5.41, 5.74) is 2.16. The van der Waals surface area contributed by atoms with Gasteiger partial charge in [0.1, 0.15) is 11.6 Å². The minimum absolute atomic E-state index is 0.00841. The van der Waals surface area contributed by atoms with Crippen LogP contribution in [0.15, 0.2) is 46.2 Å². The van der Waals surface area contributed by atoms with Gasteiger partial charge in [0.25, 0.3) is 9.05 Å². The van der Waals surface area contributed by atoms with Gasteiger partial charge in [-0.15, -0.1) is 0 Å². The molecule has 344 valence electrons. The van der Waals surface area contributed by atoms with Crippen molar-refractivity contribution in [1.82, 2.24) is 23.4 Å². The van der Waals surface area contributed by atoms with Gasteiger partial charge in [-0.05, 0) is 93.7 Å². The largest absolute Gasteiger partial charge is 0.466 e. The van der Waals surface area contributed by atoms with Crippen LogP contribution in [0, 0.1) is 17.8 Å². The molecule has 2 aromatic heterocycles. The predicted molar refractivity (Wildman–Crippen MR) is 232 cm³/mol. The van der Waals surface area contributed by atoms with Gasteiger partial charge in [0, 0.05) is 73.4 Å². The van der Waals surface area contributed by atoms with Gasteiger partial charge in [-0.2, -0.15) is 4.31 Å². The van der Waals surface area contributed by atoms with Crippen LogP contribution in [0.1, 0.15) is 124 Å². The molecule has 0 radical (unpaired) electrons. The molecule has 11 nitrogen and oxygen atoms in total. The molecule has 3 fully saturated rings. The Bertz CT molecular complexity index is 2480. The Morgan fingerprint density at radius 3 is 1.60 bits per heavy atom. The standard InChI is InChI=1S/C26H37F2N3O4S.C18H23ClF2N2O2S/c1-5-35-23(32)19-7-6-14-30(17-19)36(33,34)20-8-9-22-21(15-20)29-24(25(2,3)4)31(22)16-18-10-12-26(27,28)13-11-18;1-17(2,3)16-22-14-10-13(26(19,24)25)4-5-15(14)23(16)11-12-6-8-18(20,21)9-7-12/h8-9,15,18-19H,5-7,10-14,16-17H2,1-4H3;4-5,10,12H,6-9,11H2,1-3H3/t19-;/m0./s1. The molecule has 0 N–H and O–H groups in total. The van der Waals surface area contributed by atoms with E-state index in [0.717, 1.165) is 22.7 Å². The summed E-state index contributed by atoms with van der Waals surface area (Å²) in [6.45, 7) is 15.8. The normalized spacial score (nSPS) is 20.9. The average Bonchev–Trinajstić information content (AvgIpc) is 3.74. The van der Waals surface area contributed by atoms with Crippen molar-refractivity contribution in [3.8, 4) is 0 Å². The van der Waals surface area contributed by atoms with Crippen LogP contribution in [0.3, 0.4) is 0 Å². The van der Waals surface area contributed by atoms with Crippen molar-refractivity contribution in [2.45, 2.75) is 158 Å². The van der Waals surface area contributed by atoms with Gasteiger partial charge >= 0.3 is 5.97 Å². The highest BCUT2D eigenvalue weighted by Gasteiger charge is 2.38. The number of ether oxygens (including phenoxy) is 1. The topological polar surface area (TPSA) is 133 Å². The molecule has 1 atom stereocenters. The van der Waals surface area contributed by atoms with E-state index in [1.165, 1.54) is 16.4 Å². The zero-order chi connectivity index (χ0) is 45.6. The Hall–Kier alpha value is -3.28. The number of benzene rings is 2. The van der Waals surface area contributed by atoms with Gasteiger partial charge in [0.2, 0.25) is 21.9 Å². The number of halogens is 5. The second kappa shape index (κ2) is 17.9. The second-order valence-electron chi connectivity index (χ2n) is 19.4. The first kappa shape index (κ1) is 48.2. The van der Waals surface area contributed by atoms with Crippen molar-refractivity contribution < 1.29 is 43.9 Å². The number of rotatable bonds is 9. The zero-order valence-corrected chi connectivity index (χ0v) is 39.1. The second-order valence-corrected chi connectivity index (χ2v) is 23.9. The molecule has 3 aliphatic rings. The van der Waals surface area contributed by atoms with E-state index in [4.69, 9.17) is 20.4 Å². The monoisotopic (exact) mass is 929 g/mol. The summed E-state index contributed by atoms with van der Waals surface area (Å²) >= 11 is 0. The number of sulfonamides is 1. The van der Waals surface area contributed by atoms with Crippen LogP contribution < -0.4 is 0 Å². The van der Waals surface area contributed by atoms with Crippen LogP contribution in [-0.4, -0.2) is 77.8 Å². The molecule has 3 heterocycles. The van der Waals surface area contributed by atoms with Gasteiger partial charge in [0.05, 0.1) is 44.4 Å². The third-order valence-corrected chi connectivity index (χ3v) is 15.5. The van der Waals surface area contributed by atoms with Crippen molar-refractivity contribution >= 4 is 57.8 Å². The molecule has 7 rings (SSSR count). The lowest BCUT2D eigenvalue weighted by Crippen LogP contribution is -2.42. The lowest BCUT2D eigenvalue weighted by Gasteiger charge is -2.30. The van der Waals surface area contributed by atoms with Crippen LogP contribution in [0.5, 0.6) is 0 Å². The van der Waals surface area contributed by atoms with Crippen molar-refractivity contribution in [3.63, 3.8) is 0 Å². The Morgan fingerprint density at radius 2 is 1.18 bits per heavy atom. The zero-order valence-electron chi connectivity index (χ0n) is 36.7. The third kappa shape index (κ3) is 11.1. The number of imidazole rings is 2. The molecule has 2 aliphatic carbocycles. The van der Waals surface area contributed by atoms with Crippen molar-refractivity contribution in [2.24, 2.45) is 17.8 Å². The highest BCUT2D eigenvalue weighted by molar-refractivity contribution is 8.13. The van der Waals surface area contributed by atoms with E-state index in [9.17, 15) is 39.2 Å². The molecule has 1 saturated heterocycles. The van der Waals surface area contributed by atoms with E-state index in [1.54, 1.807) is 31.2 Å². The summed E-state index contributed by atoms with van der Waals surface area (Å²) in [6, 6.07) is 9.59. The van der Waals surface area contributed by atoms with E-state index >= 15 is 0 Å². The van der Waals surface area contributed by atoms with Crippen molar-refractivity contribution in [1.29, 1.82) is 0 Å². The number of hydrogen-bond acceptors (Lipinski definition) is 8. The van der Waals surface area contributed by atoms with E-state index in [-0.39, 0.29) is 77.3 Å². The van der Waals surface area contributed by atoms with Crippen LogP contribution in [0.25, 0.3) is 22.1 Å². The highest BCUT2D eigenvalue weighted by Crippen LogP contribution is 2.40. The van der Waals surface area contributed by atoms with E-state index < -0.39 is 36.8 Å². The first-order valence-electron chi connectivity index (χ1n) is 21.6. The number of fused-ring (bicyclic) bond motifs is 2. The van der Waals surface area contributed by atoms with Crippen LogP contribution in [0.4, 0.5) is 17.6 Å². The summed E-state index contributed by atoms with van der Waals surface area (Å²) in [4.78, 5) is 21.8. The number of esters is 1. The molecule has 18 heteroatoms. The SMILES string of the molecule is CC(C)(C)c1nc2cc(S(=O)(=O)Cl)ccc2n1CC1CCC(F)(F)CC1.CCOC(=O)[C@H]1CCCN(S(=O)(=O)c2ccc3c(c2)nc(C(C)(C)C)n3CC2CCC(F)(F)CC2)C1. The maximum atomic E-state index is 13.7. The molecule has 2 saturated carbocycles. The summed E-state index contributed by atoms with van der Waals surface area (Å²) in [6.07, 6.45) is 2.71. The quantitative estimate of drug-likeness (QED) is 0.0921. The number of alkyl halides is 4. The predicted octanol–water partition coefficient (Wildman–Crippen LogP) is 10.2. The third-order valence-electron chi connectivity index (χ3n) is 12.3. The molecular formula is C44H60ClF4N5O6S2. The smallest absolute Gasteiger partial charge is 0.310 e. The summed E-state index contributed by atoms with van der Waals surface area (Å²) < 4.78 is 115. The van der Waals surface area contributed by atoms with E-state index in [2.05, 4.69) is 9.55 Å². The van der Waals surface area contributed by atoms with E-state index in [0.29, 0.717) is 69.2 Å². The molecule has 2 aromatic carbocycles. The maximum Gasteiger partial charge on any atom is 0.310 e. The molecule has 0 bridgehead atoms. The van der Waals surface area contributed by atoms with E-state index in [1.807, 2.05) is 46.1 Å². The Kier molecular flexibility index (Phi) is 13.9. The van der Waals surface area contributed by atoms with Crippen LogP contribution >= 0.6 is 10.7 Å². The number of carbonyl (C=O) groups is 1. The Labute approximate surface area is 367 Å². The maximum absolute atomic E-state index is 13.7. The molecule has 4 aromatic rings.